The Bertz CT molecular complexity index is 60.9. The summed E-state index contributed by atoms with van der Waals surface area (Å²) in [5, 5.41) is 8.86. The Labute approximate surface area is 55.0 Å². The molecule has 0 saturated heterocycles. The Morgan fingerprint density at radius 3 is 2.89 bits per heavy atom. The highest BCUT2D eigenvalue weighted by Gasteiger charge is 1.99. The van der Waals surface area contributed by atoms with Crippen LogP contribution in [0.1, 0.15) is 13.3 Å². The van der Waals surface area contributed by atoms with Gasteiger partial charge < -0.3 is 9.84 Å². The molecule has 4 N–H and O–H groups in total. The van der Waals surface area contributed by atoms with Crippen LogP contribution in [0.4, 0.5) is 0 Å². The molecule has 0 heterocycles. The highest BCUT2D eigenvalue weighted by molar-refractivity contribution is 4.42. The standard InChI is InChI=1S/C5H14N2O2/c1-2-9-5(8)3-4-7-6/h5,7-8H,2-4,6H2,1H3. The first-order valence-corrected chi connectivity index (χ1v) is 3.04. The predicted molar refractivity (Wildman–Crippen MR) is 34.4 cm³/mol. The average Bonchev–Trinajstić information content (AvgIpc) is 1.85. The van der Waals surface area contributed by atoms with Gasteiger partial charge in [0.05, 0.1) is 0 Å². The lowest BCUT2D eigenvalue weighted by Gasteiger charge is -2.08. The van der Waals surface area contributed by atoms with Gasteiger partial charge in [-0.3, -0.25) is 11.3 Å². The van der Waals surface area contributed by atoms with Gasteiger partial charge in [-0.05, 0) is 6.92 Å². The van der Waals surface area contributed by atoms with Gasteiger partial charge in [-0.15, -0.1) is 0 Å². The zero-order valence-corrected chi connectivity index (χ0v) is 5.63. The fourth-order valence-electron chi connectivity index (χ4n) is 0.483. The van der Waals surface area contributed by atoms with Gasteiger partial charge >= 0.3 is 0 Å². The Kier molecular flexibility index (Phi) is 5.86. The normalized spacial score (nSPS) is 13.7. The van der Waals surface area contributed by atoms with E-state index < -0.39 is 6.29 Å². The first kappa shape index (κ1) is 8.84. The van der Waals surface area contributed by atoms with E-state index in [1.165, 1.54) is 0 Å². The van der Waals surface area contributed by atoms with Crippen molar-refractivity contribution in [2.75, 3.05) is 13.2 Å². The minimum atomic E-state index is -0.675. The third-order valence-electron chi connectivity index (χ3n) is 0.895. The SMILES string of the molecule is CCOC(O)CCNN. The van der Waals surface area contributed by atoms with E-state index in [1.54, 1.807) is 0 Å². The van der Waals surface area contributed by atoms with Crippen LogP contribution in [-0.2, 0) is 4.74 Å². The van der Waals surface area contributed by atoms with Crippen LogP contribution >= 0.6 is 0 Å². The molecule has 0 radical (unpaired) electrons. The largest absolute Gasteiger partial charge is 0.368 e. The molecule has 1 atom stereocenters. The summed E-state index contributed by atoms with van der Waals surface area (Å²) < 4.78 is 4.80. The van der Waals surface area contributed by atoms with E-state index >= 15 is 0 Å². The molecule has 4 heteroatoms. The van der Waals surface area contributed by atoms with Crippen molar-refractivity contribution >= 4 is 0 Å². The van der Waals surface area contributed by atoms with Gasteiger partial charge in [-0.2, -0.15) is 0 Å². The number of rotatable bonds is 5. The molecule has 0 aromatic rings. The van der Waals surface area contributed by atoms with Crippen molar-refractivity contribution in [1.29, 1.82) is 0 Å². The topological polar surface area (TPSA) is 67.5 Å². The molecule has 0 aliphatic rings. The Balaban J connectivity index is 2.95. The van der Waals surface area contributed by atoms with Gasteiger partial charge in [0.1, 0.15) is 0 Å². The molecule has 0 amide bonds. The minimum Gasteiger partial charge on any atom is -0.368 e. The maximum atomic E-state index is 8.86. The lowest BCUT2D eigenvalue weighted by molar-refractivity contribution is -0.0976. The lowest BCUT2D eigenvalue weighted by Crippen LogP contribution is -2.27. The first-order valence-electron chi connectivity index (χ1n) is 3.04. The van der Waals surface area contributed by atoms with Crippen LogP contribution in [-0.4, -0.2) is 24.5 Å². The van der Waals surface area contributed by atoms with Crippen molar-refractivity contribution in [1.82, 2.24) is 5.43 Å². The van der Waals surface area contributed by atoms with Crippen LogP contribution in [0, 0.1) is 0 Å². The quantitative estimate of drug-likeness (QED) is 0.261. The Morgan fingerprint density at radius 1 is 1.78 bits per heavy atom. The number of aliphatic hydroxyl groups excluding tert-OH is 1. The monoisotopic (exact) mass is 134 g/mol. The summed E-state index contributed by atoms with van der Waals surface area (Å²) in [7, 11) is 0. The lowest BCUT2D eigenvalue weighted by atomic mass is 10.4. The van der Waals surface area contributed by atoms with E-state index in [4.69, 9.17) is 15.7 Å². The van der Waals surface area contributed by atoms with Crippen molar-refractivity contribution < 1.29 is 9.84 Å². The van der Waals surface area contributed by atoms with Crippen molar-refractivity contribution in [3.05, 3.63) is 0 Å². The van der Waals surface area contributed by atoms with Crippen LogP contribution in [0.15, 0.2) is 0 Å². The molecule has 0 bridgehead atoms. The van der Waals surface area contributed by atoms with Gasteiger partial charge in [-0.25, -0.2) is 0 Å². The van der Waals surface area contributed by atoms with E-state index in [1.807, 2.05) is 6.92 Å². The average molecular weight is 134 g/mol. The second-order valence-electron chi connectivity index (χ2n) is 1.65. The number of nitrogens with one attached hydrogen (secondary N) is 1. The third-order valence-corrected chi connectivity index (χ3v) is 0.895. The predicted octanol–water partition coefficient (Wildman–Crippen LogP) is -0.805. The number of aliphatic hydroxyl groups is 1. The van der Waals surface area contributed by atoms with Crippen molar-refractivity contribution in [2.24, 2.45) is 5.84 Å². The molecular formula is C5H14N2O2. The van der Waals surface area contributed by atoms with Crippen LogP contribution in [0.3, 0.4) is 0 Å². The molecule has 4 nitrogen and oxygen atoms in total. The molecule has 0 rings (SSSR count). The molecule has 0 aromatic carbocycles. The molecule has 0 fully saturated rings. The summed E-state index contributed by atoms with van der Waals surface area (Å²) in [6.45, 7) is 2.94. The molecular weight excluding hydrogens is 120 g/mol. The zero-order chi connectivity index (χ0) is 7.11. The second kappa shape index (κ2) is 5.97. The molecule has 0 aliphatic heterocycles. The molecule has 0 aliphatic carbocycles. The maximum Gasteiger partial charge on any atom is 0.155 e. The van der Waals surface area contributed by atoms with E-state index in [9.17, 15) is 0 Å². The number of nitrogens with two attached hydrogens (primary N) is 1. The number of hydrogen-bond acceptors (Lipinski definition) is 4. The van der Waals surface area contributed by atoms with Crippen molar-refractivity contribution in [2.45, 2.75) is 19.6 Å². The summed E-state index contributed by atoms with van der Waals surface area (Å²) in [4.78, 5) is 0. The molecule has 56 valence electrons. The first-order chi connectivity index (χ1) is 4.31. The molecule has 9 heavy (non-hydrogen) atoms. The molecule has 0 saturated carbocycles. The fraction of sp³-hybridized carbons (Fsp3) is 1.00. The Hall–Kier alpha value is -0.160. The maximum absolute atomic E-state index is 8.86. The number of hydrazine groups is 1. The van der Waals surface area contributed by atoms with Gasteiger partial charge in [0.2, 0.25) is 0 Å². The summed E-state index contributed by atoms with van der Waals surface area (Å²) in [5.74, 6) is 4.96. The molecule has 0 aromatic heterocycles. The smallest absolute Gasteiger partial charge is 0.155 e. The van der Waals surface area contributed by atoms with Gasteiger partial charge in [0.25, 0.3) is 0 Å². The van der Waals surface area contributed by atoms with Gasteiger partial charge in [-0.1, -0.05) is 0 Å². The van der Waals surface area contributed by atoms with E-state index in [-0.39, 0.29) is 0 Å². The number of ether oxygens (including phenoxy) is 1. The summed E-state index contributed by atoms with van der Waals surface area (Å²) in [6, 6.07) is 0. The summed E-state index contributed by atoms with van der Waals surface area (Å²) >= 11 is 0. The van der Waals surface area contributed by atoms with Gasteiger partial charge in [0, 0.05) is 19.6 Å². The van der Waals surface area contributed by atoms with Crippen LogP contribution < -0.4 is 11.3 Å². The minimum absolute atomic E-state index is 0.532. The highest BCUT2D eigenvalue weighted by Crippen LogP contribution is 1.90. The molecule has 0 spiro atoms. The van der Waals surface area contributed by atoms with E-state index in [0.717, 1.165) is 0 Å². The van der Waals surface area contributed by atoms with Crippen molar-refractivity contribution in [3.63, 3.8) is 0 Å². The van der Waals surface area contributed by atoms with Crippen LogP contribution in [0.25, 0.3) is 0 Å². The highest BCUT2D eigenvalue weighted by atomic mass is 16.6. The van der Waals surface area contributed by atoms with Crippen molar-refractivity contribution in [3.8, 4) is 0 Å². The summed E-state index contributed by atoms with van der Waals surface area (Å²) in [5.41, 5.74) is 2.42. The zero-order valence-electron chi connectivity index (χ0n) is 5.63. The summed E-state index contributed by atoms with van der Waals surface area (Å²) in [6.07, 6.45) is -0.143. The van der Waals surface area contributed by atoms with E-state index in [2.05, 4.69) is 5.43 Å². The van der Waals surface area contributed by atoms with E-state index in [0.29, 0.717) is 19.6 Å². The molecule has 1 unspecified atom stereocenters. The van der Waals surface area contributed by atoms with Crippen LogP contribution in [0.2, 0.25) is 0 Å². The van der Waals surface area contributed by atoms with Crippen LogP contribution in [0.5, 0.6) is 0 Å². The Morgan fingerprint density at radius 2 is 2.44 bits per heavy atom. The third kappa shape index (κ3) is 5.72. The van der Waals surface area contributed by atoms with Gasteiger partial charge in [0.15, 0.2) is 6.29 Å². The number of hydrogen-bond donors (Lipinski definition) is 3. The fourth-order valence-corrected chi connectivity index (χ4v) is 0.483. The second-order valence-corrected chi connectivity index (χ2v) is 1.65.